The van der Waals surface area contributed by atoms with E-state index in [2.05, 4.69) is 20.6 Å². The highest BCUT2D eigenvalue weighted by Crippen LogP contribution is 2.15. The third kappa shape index (κ3) is 13.1. The first kappa shape index (κ1) is 27.9. The van der Waals surface area contributed by atoms with Crippen molar-refractivity contribution in [1.82, 2.24) is 0 Å². The molecule has 4 nitrogen and oxygen atoms in total. The summed E-state index contributed by atoms with van der Waals surface area (Å²) in [6.07, 6.45) is 17.1. The largest absolute Gasteiger partial charge is 0.323 e. The second kappa shape index (κ2) is 16.5. The van der Waals surface area contributed by atoms with Gasteiger partial charge in [0, 0.05) is 12.8 Å². The van der Waals surface area contributed by atoms with Gasteiger partial charge in [0.2, 0.25) is 0 Å². The molecule has 0 amide bonds. The molecule has 0 unspecified atom stereocenters. The van der Waals surface area contributed by atoms with Gasteiger partial charge in [-0.25, -0.2) is 0 Å². The molecule has 0 radical (unpaired) electrons. The smallest absolute Gasteiger partial charge is 0.296 e. The number of hydrogen-bond donors (Lipinski definition) is 0. The average Bonchev–Trinajstić information content (AvgIpc) is 3.19. The Morgan fingerprint density at radius 3 is 1.94 bits per heavy atom. The molecular weight excluding hydrogens is 406 g/mol. The summed E-state index contributed by atoms with van der Waals surface area (Å²) in [6.45, 7) is 10.1. The van der Waals surface area contributed by atoms with E-state index in [4.69, 9.17) is 4.18 Å². The molecular formula is C26H46NO3S+. The van der Waals surface area contributed by atoms with Crippen LogP contribution in [0.1, 0.15) is 84.0 Å². The number of likely N-dealkylation sites (tertiary alicyclic amines) is 1. The Balaban J connectivity index is 0.000000442. The van der Waals surface area contributed by atoms with E-state index >= 15 is 0 Å². The highest BCUT2D eigenvalue weighted by molar-refractivity contribution is 7.86. The Hall–Kier alpha value is -1.17. The van der Waals surface area contributed by atoms with E-state index in [1.165, 1.54) is 81.8 Å². The van der Waals surface area contributed by atoms with Crippen LogP contribution >= 0.6 is 0 Å². The molecule has 0 aliphatic carbocycles. The van der Waals surface area contributed by atoms with Crippen LogP contribution in [-0.4, -0.2) is 46.2 Å². The minimum absolute atomic E-state index is 0.238. The number of hydrogen-bond acceptors (Lipinski definition) is 3. The van der Waals surface area contributed by atoms with E-state index in [0.717, 1.165) is 19.4 Å². The molecule has 0 N–H and O–H groups in total. The van der Waals surface area contributed by atoms with Gasteiger partial charge in [0.05, 0.1) is 38.2 Å². The molecule has 5 heteroatoms. The van der Waals surface area contributed by atoms with Gasteiger partial charge in [0.1, 0.15) is 0 Å². The van der Waals surface area contributed by atoms with Gasteiger partial charge in [0.25, 0.3) is 10.1 Å². The molecule has 1 aliphatic rings. The lowest BCUT2D eigenvalue weighted by Gasteiger charge is -2.27. The van der Waals surface area contributed by atoms with Crippen molar-refractivity contribution in [2.45, 2.75) is 88.9 Å². The summed E-state index contributed by atoms with van der Waals surface area (Å²) in [4.78, 5) is 0.238. The van der Waals surface area contributed by atoms with Crippen LogP contribution in [-0.2, 0) is 14.3 Å². The Morgan fingerprint density at radius 1 is 0.903 bits per heavy atom. The number of rotatable bonds is 15. The lowest BCUT2D eigenvalue weighted by atomic mass is 10.1. The second-order valence-corrected chi connectivity index (χ2v) is 10.6. The molecule has 1 heterocycles. The minimum atomic E-state index is -3.57. The Labute approximate surface area is 192 Å². The highest BCUT2D eigenvalue weighted by Gasteiger charge is 2.24. The predicted octanol–water partition coefficient (Wildman–Crippen LogP) is 6.73. The fourth-order valence-corrected chi connectivity index (χ4v) is 4.97. The van der Waals surface area contributed by atoms with Crippen molar-refractivity contribution < 1.29 is 17.1 Å². The van der Waals surface area contributed by atoms with Crippen molar-refractivity contribution in [2.75, 3.05) is 33.3 Å². The molecule has 0 saturated carbocycles. The van der Waals surface area contributed by atoms with Crippen molar-refractivity contribution in [2.24, 2.45) is 0 Å². The summed E-state index contributed by atoms with van der Waals surface area (Å²) in [5, 5.41) is 0. The number of unbranched alkanes of at least 4 members (excludes halogenated alkanes) is 9. The first-order valence-electron chi connectivity index (χ1n) is 12.3. The van der Waals surface area contributed by atoms with Crippen LogP contribution in [0.3, 0.4) is 0 Å². The van der Waals surface area contributed by atoms with E-state index in [0.29, 0.717) is 0 Å². The lowest BCUT2D eigenvalue weighted by molar-refractivity contribution is -0.891. The van der Waals surface area contributed by atoms with Crippen LogP contribution in [0.25, 0.3) is 0 Å². The molecule has 178 valence electrons. The molecule has 1 aliphatic heterocycles. The third-order valence-corrected chi connectivity index (χ3v) is 7.31. The SMILES string of the molecule is C=CC[N+]1(C)CCCC1.CCCCCCCCCCCCOS(=O)(=O)c1ccccc1. The normalized spacial score (nSPS) is 15.3. The molecule has 1 fully saturated rings. The Bertz CT molecular complexity index is 667. The summed E-state index contributed by atoms with van der Waals surface area (Å²) in [5.74, 6) is 0. The van der Waals surface area contributed by atoms with Crippen LogP contribution in [0.5, 0.6) is 0 Å². The van der Waals surface area contributed by atoms with Crippen LogP contribution < -0.4 is 0 Å². The van der Waals surface area contributed by atoms with E-state index < -0.39 is 10.1 Å². The maximum Gasteiger partial charge on any atom is 0.296 e. The molecule has 1 aromatic rings. The first-order chi connectivity index (χ1) is 14.9. The van der Waals surface area contributed by atoms with Crippen LogP contribution in [0.4, 0.5) is 0 Å². The zero-order valence-corrected chi connectivity index (χ0v) is 20.9. The summed E-state index contributed by atoms with van der Waals surface area (Å²) in [6, 6.07) is 8.33. The van der Waals surface area contributed by atoms with Gasteiger partial charge in [-0.3, -0.25) is 4.18 Å². The summed E-state index contributed by atoms with van der Waals surface area (Å²) in [7, 11) is -1.26. The molecule has 0 spiro atoms. The van der Waals surface area contributed by atoms with Gasteiger partial charge >= 0.3 is 0 Å². The van der Waals surface area contributed by atoms with Crippen LogP contribution in [0.2, 0.25) is 0 Å². The maximum atomic E-state index is 11.9. The van der Waals surface area contributed by atoms with Gasteiger partial charge in [-0.2, -0.15) is 8.42 Å². The highest BCUT2D eigenvalue weighted by atomic mass is 32.2. The van der Waals surface area contributed by atoms with Gasteiger partial charge in [-0.1, -0.05) is 89.5 Å². The Morgan fingerprint density at radius 2 is 1.42 bits per heavy atom. The van der Waals surface area contributed by atoms with Gasteiger partial charge in [-0.05, 0) is 24.6 Å². The Kier molecular flexibility index (Phi) is 14.8. The van der Waals surface area contributed by atoms with Crippen molar-refractivity contribution in [3.05, 3.63) is 43.0 Å². The van der Waals surface area contributed by atoms with Crippen molar-refractivity contribution in [1.29, 1.82) is 0 Å². The van der Waals surface area contributed by atoms with Gasteiger partial charge in [-0.15, -0.1) is 0 Å². The van der Waals surface area contributed by atoms with Crippen LogP contribution in [0.15, 0.2) is 47.9 Å². The molecule has 0 bridgehead atoms. The number of quaternary nitrogens is 1. The van der Waals surface area contributed by atoms with E-state index in [1.54, 1.807) is 30.3 Å². The lowest BCUT2D eigenvalue weighted by Crippen LogP contribution is -2.40. The van der Waals surface area contributed by atoms with E-state index in [9.17, 15) is 8.42 Å². The topological polar surface area (TPSA) is 43.4 Å². The average molecular weight is 453 g/mol. The fourth-order valence-electron chi connectivity index (χ4n) is 4.01. The zero-order chi connectivity index (χ0) is 22.8. The van der Waals surface area contributed by atoms with E-state index in [-0.39, 0.29) is 11.5 Å². The fraction of sp³-hybridized carbons (Fsp3) is 0.692. The molecule has 1 saturated heterocycles. The van der Waals surface area contributed by atoms with Crippen molar-refractivity contribution in [3.8, 4) is 0 Å². The molecule has 1 aromatic carbocycles. The van der Waals surface area contributed by atoms with Gasteiger partial charge in [0.15, 0.2) is 0 Å². The standard InChI is InChI=1S/C18H30O3S.C8H16N/c1-2-3-4-5-6-7-8-9-10-14-17-21-22(19,20)18-15-12-11-13-16-18;1-3-6-9(2)7-4-5-8-9/h11-13,15-16H,2-10,14,17H2,1H3;3H,1,4-8H2,2H3/q;+1. The van der Waals surface area contributed by atoms with E-state index in [1.807, 2.05) is 6.08 Å². The summed E-state index contributed by atoms with van der Waals surface area (Å²) >= 11 is 0. The first-order valence-corrected chi connectivity index (χ1v) is 13.7. The number of likely N-dealkylation sites (N-methyl/N-ethyl adjacent to an activating group) is 1. The second-order valence-electron chi connectivity index (χ2n) is 9.02. The minimum Gasteiger partial charge on any atom is -0.323 e. The van der Waals surface area contributed by atoms with Crippen LogP contribution in [0, 0.1) is 0 Å². The summed E-state index contributed by atoms with van der Waals surface area (Å²) in [5.41, 5.74) is 0. The van der Waals surface area contributed by atoms with Crippen molar-refractivity contribution >= 4 is 10.1 Å². The third-order valence-electron chi connectivity index (χ3n) is 5.98. The number of benzene rings is 1. The summed E-state index contributed by atoms with van der Waals surface area (Å²) < 4.78 is 30.0. The monoisotopic (exact) mass is 452 g/mol. The maximum absolute atomic E-state index is 11.9. The van der Waals surface area contributed by atoms with Crippen molar-refractivity contribution in [3.63, 3.8) is 0 Å². The zero-order valence-electron chi connectivity index (χ0n) is 20.1. The molecule has 2 rings (SSSR count). The molecule has 0 aromatic heterocycles. The molecule has 0 atom stereocenters. The molecule has 31 heavy (non-hydrogen) atoms. The number of nitrogens with zero attached hydrogens (tertiary/aromatic N) is 1. The predicted molar refractivity (Wildman–Crippen MR) is 132 cm³/mol. The van der Waals surface area contributed by atoms with Gasteiger partial charge < -0.3 is 4.48 Å². The quantitative estimate of drug-likeness (QED) is 0.128.